The molecule has 2 heterocycles. The summed E-state index contributed by atoms with van der Waals surface area (Å²) in [7, 11) is -2.07. The van der Waals surface area contributed by atoms with Crippen molar-refractivity contribution in [2.75, 3.05) is 26.2 Å². The molecule has 0 atom stereocenters. The monoisotopic (exact) mass is 329 g/mol. The standard InChI is InChI=1S/C13H23N5O3S/c1-13(3-5-14-6-4-13)10-15-12(19)8-17-22(20,21)11-7-16-18(2)9-11/h7,9,14,17H,3-6,8,10H2,1-2H3,(H,15,19). The summed E-state index contributed by atoms with van der Waals surface area (Å²) in [5.41, 5.74) is 0.0726. The molecule has 0 aromatic carbocycles. The number of carbonyl (C=O) groups excluding carboxylic acids is 1. The van der Waals surface area contributed by atoms with E-state index >= 15 is 0 Å². The van der Waals surface area contributed by atoms with Crippen molar-refractivity contribution in [2.45, 2.75) is 24.7 Å². The first-order valence-corrected chi connectivity index (χ1v) is 8.75. The van der Waals surface area contributed by atoms with Crippen LogP contribution in [0.4, 0.5) is 0 Å². The Morgan fingerprint density at radius 3 is 2.73 bits per heavy atom. The summed E-state index contributed by atoms with van der Waals surface area (Å²) in [6.07, 6.45) is 4.62. The molecule has 0 spiro atoms. The molecule has 2 rings (SSSR count). The Kier molecular flexibility index (Phi) is 5.20. The summed E-state index contributed by atoms with van der Waals surface area (Å²) in [5.74, 6) is -0.327. The highest BCUT2D eigenvalue weighted by Crippen LogP contribution is 2.26. The van der Waals surface area contributed by atoms with Crippen LogP contribution in [0.5, 0.6) is 0 Å². The Hall–Kier alpha value is -1.45. The number of rotatable bonds is 6. The number of nitrogens with one attached hydrogen (secondary N) is 3. The van der Waals surface area contributed by atoms with Crippen LogP contribution >= 0.6 is 0 Å². The van der Waals surface area contributed by atoms with Gasteiger partial charge in [0, 0.05) is 19.8 Å². The molecule has 3 N–H and O–H groups in total. The molecule has 8 nitrogen and oxygen atoms in total. The Labute approximate surface area is 130 Å². The van der Waals surface area contributed by atoms with E-state index in [-0.39, 0.29) is 22.8 Å². The van der Waals surface area contributed by atoms with Crippen LogP contribution in [0.15, 0.2) is 17.3 Å². The third-order valence-corrected chi connectivity index (χ3v) is 5.29. The van der Waals surface area contributed by atoms with Gasteiger partial charge in [-0.3, -0.25) is 9.48 Å². The molecule has 1 aromatic rings. The van der Waals surface area contributed by atoms with Crippen molar-refractivity contribution >= 4 is 15.9 Å². The summed E-state index contributed by atoms with van der Waals surface area (Å²) in [5, 5.41) is 9.90. The number of hydrogen-bond donors (Lipinski definition) is 3. The van der Waals surface area contributed by atoms with Gasteiger partial charge in [-0.2, -0.15) is 5.10 Å². The zero-order valence-electron chi connectivity index (χ0n) is 12.9. The molecule has 9 heteroatoms. The topological polar surface area (TPSA) is 105 Å². The van der Waals surface area contributed by atoms with Gasteiger partial charge in [0.2, 0.25) is 15.9 Å². The Balaban J connectivity index is 1.80. The number of sulfonamides is 1. The van der Waals surface area contributed by atoms with E-state index in [9.17, 15) is 13.2 Å². The van der Waals surface area contributed by atoms with E-state index in [2.05, 4.69) is 27.4 Å². The highest BCUT2D eigenvalue weighted by atomic mass is 32.2. The SMILES string of the molecule is Cn1cc(S(=O)(=O)NCC(=O)NCC2(C)CCNCC2)cn1. The molecule has 1 aliphatic rings. The average Bonchev–Trinajstić information content (AvgIpc) is 2.91. The van der Waals surface area contributed by atoms with Crippen molar-refractivity contribution in [3.63, 3.8) is 0 Å². The molecule has 0 saturated carbocycles. The number of piperidine rings is 1. The molecule has 0 unspecified atom stereocenters. The fraction of sp³-hybridized carbons (Fsp3) is 0.692. The minimum absolute atomic E-state index is 0.0492. The van der Waals surface area contributed by atoms with E-state index in [1.807, 2.05) is 0 Å². The Morgan fingerprint density at radius 2 is 2.14 bits per heavy atom. The van der Waals surface area contributed by atoms with Crippen LogP contribution in [0.25, 0.3) is 0 Å². The first-order chi connectivity index (χ1) is 10.3. The van der Waals surface area contributed by atoms with Crippen LogP contribution in [0.2, 0.25) is 0 Å². The number of aryl methyl sites for hydroxylation is 1. The second-order valence-corrected chi connectivity index (χ2v) is 7.78. The molecule has 1 saturated heterocycles. The van der Waals surface area contributed by atoms with Crippen molar-refractivity contribution < 1.29 is 13.2 Å². The average molecular weight is 329 g/mol. The molecule has 1 aromatic heterocycles. The molecule has 0 aliphatic carbocycles. The van der Waals surface area contributed by atoms with Crippen LogP contribution in [-0.4, -0.2) is 50.3 Å². The maximum Gasteiger partial charge on any atom is 0.244 e. The molecule has 1 aliphatic heterocycles. The van der Waals surface area contributed by atoms with Gasteiger partial charge in [-0.15, -0.1) is 0 Å². The molecule has 0 radical (unpaired) electrons. The van der Waals surface area contributed by atoms with Crippen molar-refractivity contribution in [3.05, 3.63) is 12.4 Å². The van der Waals surface area contributed by atoms with Crippen LogP contribution in [0, 0.1) is 5.41 Å². The molecule has 1 amide bonds. The van der Waals surface area contributed by atoms with Gasteiger partial charge in [0.1, 0.15) is 4.90 Å². The zero-order chi connectivity index (χ0) is 16.2. The number of aromatic nitrogens is 2. The third-order valence-electron chi connectivity index (χ3n) is 3.94. The number of nitrogens with zero attached hydrogens (tertiary/aromatic N) is 2. The van der Waals surface area contributed by atoms with E-state index in [1.165, 1.54) is 17.1 Å². The summed E-state index contributed by atoms with van der Waals surface area (Å²) < 4.78 is 27.6. The molecule has 124 valence electrons. The fourth-order valence-electron chi connectivity index (χ4n) is 2.36. The molecule has 1 fully saturated rings. The van der Waals surface area contributed by atoms with E-state index in [4.69, 9.17) is 0 Å². The zero-order valence-corrected chi connectivity index (χ0v) is 13.7. The number of hydrogen-bond acceptors (Lipinski definition) is 5. The van der Waals surface area contributed by atoms with Gasteiger partial charge in [-0.1, -0.05) is 6.92 Å². The first-order valence-electron chi connectivity index (χ1n) is 7.27. The highest BCUT2D eigenvalue weighted by molar-refractivity contribution is 7.89. The van der Waals surface area contributed by atoms with Gasteiger partial charge in [-0.25, -0.2) is 13.1 Å². The van der Waals surface area contributed by atoms with Crippen LogP contribution in [0.1, 0.15) is 19.8 Å². The van der Waals surface area contributed by atoms with E-state index in [0.29, 0.717) is 6.54 Å². The normalized spacial score (nSPS) is 18.1. The second kappa shape index (κ2) is 6.76. The largest absolute Gasteiger partial charge is 0.354 e. The lowest BCUT2D eigenvalue weighted by molar-refractivity contribution is -0.120. The maximum absolute atomic E-state index is 12.0. The van der Waals surface area contributed by atoms with Crippen molar-refractivity contribution in [1.29, 1.82) is 0 Å². The minimum atomic E-state index is -3.70. The number of amides is 1. The first kappa shape index (κ1) is 16.9. The van der Waals surface area contributed by atoms with Gasteiger partial charge in [0.15, 0.2) is 0 Å². The summed E-state index contributed by atoms with van der Waals surface area (Å²) in [6, 6.07) is 0. The molecular formula is C13H23N5O3S. The Morgan fingerprint density at radius 1 is 1.45 bits per heavy atom. The fourth-order valence-corrected chi connectivity index (χ4v) is 3.33. The van der Waals surface area contributed by atoms with Crippen LogP contribution in [0.3, 0.4) is 0 Å². The molecule has 0 bridgehead atoms. The highest BCUT2D eigenvalue weighted by Gasteiger charge is 2.27. The van der Waals surface area contributed by atoms with E-state index < -0.39 is 10.0 Å². The van der Waals surface area contributed by atoms with Gasteiger partial charge in [-0.05, 0) is 31.3 Å². The predicted molar refractivity (Wildman–Crippen MR) is 81.6 cm³/mol. The lowest BCUT2D eigenvalue weighted by Gasteiger charge is -2.34. The summed E-state index contributed by atoms with van der Waals surface area (Å²) in [6.45, 7) is 4.31. The second-order valence-electron chi connectivity index (χ2n) is 6.01. The van der Waals surface area contributed by atoms with E-state index in [1.54, 1.807) is 7.05 Å². The maximum atomic E-state index is 12.0. The van der Waals surface area contributed by atoms with Crippen molar-refractivity contribution in [2.24, 2.45) is 12.5 Å². The van der Waals surface area contributed by atoms with Gasteiger partial charge in [0.25, 0.3) is 0 Å². The minimum Gasteiger partial charge on any atom is -0.354 e. The lowest BCUT2D eigenvalue weighted by atomic mass is 9.81. The molecular weight excluding hydrogens is 306 g/mol. The van der Waals surface area contributed by atoms with Crippen LogP contribution < -0.4 is 15.4 Å². The van der Waals surface area contributed by atoms with Gasteiger partial charge < -0.3 is 10.6 Å². The van der Waals surface area contributed by atoms with Gasteiger partial charge in [0.05, 0.1) is 12.7 Å². The summed E-state index contributed by atoms with van der Waals surface area (Å²) >= 11 is 0. The van der Waals surface area contributed by atoms with Crippen molar-refractivity contribution in [3.8, 4) is 0 Å². The summed E-state index contributed by atoms with van der Waals surface area (Å²) in [4.78, 5) is 11.9. The Bertz CT molecular complexity index is 619. The van der Waals surface area contributed by atoms with Gasteiger partial charge >= 0.3 is 0 Å². The quantitative estimate of drug-likeness (QED) is 0.634. The number of carbonyl (C=O) groups is 1. The van der Waals surface area contributed by atoms with Crippen molar-refractivity contribution in [1.82, 2.24) is 25.1 Å². The third kappa shape index (κ3) is 4.52. The molecule has 22 heavy (non-hydrogen) atoms. The predicted octanol–water partition coefficient (Wildman–Crippen LogP) is -0.796. The lowest BCUT2D eigenvalue weighted by Crippen LogP contribution is -2.45. The van der Waals surface area contributed by atoms with Crippen LogP contribution in [-0.2, 0) is 21.9 Å². The van der Waals surface area contributed by atoms with E-state index in [0.717, 1.165) is 25.9 Å². The smallest absolute Gasteiger partial charge is 0.244 e.